The van der Waals surface area contributed by atoms with Crippen LogP contribution in [0.3, 0.4) is 0 Å². The SMILES string of the molecule is CCNC(=NCC(C)(O)c1ccccc1)NCCn1ccnc1.I. The molecule has 1 aromatic heterocycles. The second-order valence-corrected chi connectivity index (χ2v) is 5.56. The van der Waals surface area contributed by atoms with E-state index in [1.807, 2.05) is 48.0 Å². The van der Waals surface area contributed by atoms with Crippen LogP contribution >= 0.6 is 24.0 Å². The molecule has 1 unspecified atom stereocenters. The van der Waals surface area contributed by atoms with Crippen molar-refractivity contribution in [2.24, 2.45) is 4.99 Å². The number of aromatic nitrogens is 2. The lowest BCUT2D eigenvalue weighted by atomic mass is 9.96. The molecular formula is C17H26IN5O. The molecule has 132 valence electrons. The summed E-state index contributed by atoms with van der Waals surface area (Å²) in [4.78, 5) is 8.51. The molecule has 0 bridgehead atoms. The number of rotatable bonds is 7. The quantitative estimate of drug-likeness (QED) is 0.348. The zero-order valence-electron chi connectivity index (χ0n) is 14.1. The van der Waals surface area contributed by atoms with Crippen LogP contribution in [0.4, 0.5) is 0 Å². The van der Waals surface area contributed by atoms with Gasteiger partial charge in [-0.1, -0.05) is 30.3 Å². The Morgan fingerprint density at radius 1 is 1.29 bits per heavy atom. The van der Waals surface area contributed by atoms with Gasteiger partial charge in [0.1, 0.15) is 5.60 Å². The molecule has 0 aliphatic carbocycles. The summed E-state index contributed by atoms with van der Waals surface area (Å²) in [5.74, 6) is 0.698. The van der Waals surface area contributed by atoms with Crippen molar-refractivity contribution in [3.8, 4) is 0 Å². The van der Waals surface area contributed by atoms with Crippen LogP contribution in [0.15, 0.2) is 54.0 Å². The number of hydrogen-bond donors (Lipinski definition) is 3. The standard InChI is InChI=1S/C17H25N5O.HI/c1-3-19-16(20-10-12-22-11-9-18-14-22)21-13-17(2,23)15-7-5-4-6-8-15;/h4-9,11,14,23H,3,10,12-13H2,1-2H3,(H2,19,20,21);1H. The predicted octanol–water partition coefficient (Wildman–Crippen LogP) is 1.96. The molecule has 0 saturated heterocycles. The van der Waals surface area contributed by atoms with Gasteiger partial charge in [0.05, 0.1) is 12.9 Å². The maximum atomic E-state index is 10.6. The molecule has 2 aromatic rings. The number of benzene rings is 1. The highest BCUT2D eigenvalue weighted by molar-refractivity contribution is 14.0. The Hall–Kier alpha value is -1.61. The minimum atomic E-state index is -0.992. The highest BCUT2D eigenvalue weighted by atomic mass is 127. The fraction of sp³-hybridized carbons (Fsp3) is 0.412. The fourth-order valence-electron chi connectivity index (χ4n) is 2.19. The number of nitrogens with one attached hydrogen (secondary N) is 2. The summed E-state index contributed by atoms with van der Waals surface area (Å²) in [6, 6.07) is 9.60. The van der Waals surface area contributed by atoms with E-state index in [-0.39, 0.29) is 30.5 Å². The number of aliphatic imine (C=N–C) groups is 1. The minimum absolute atomic E-state index is 0. The number of hydrogen-bond acceptors (Lipinski definition) is 3. The van der Waals surface area contributed by atoms with Gasteiger partial charge >= 0.3 is 0 Å². The summed E-state index contributed by atoms with van der Waals surface area (Å²) in [5, 5.41) is 17.1. The molecule has 0 aliphatic rings. The summed E-state index contributed by atoms with van der Waals surface area (Å²) in [6.45, 7) is 6.39. The van der Waals surface area contributed by atoms with Gasteiger partial charge < -0.3 is 20.3 Å². The summed E-state index contributed by atoms with van der Waals surface area (Å²) in [6.07, 6.45) is 5.47. The van der Waals surface area contributed by atoms with Crippen molar-refractivity contribution in [2.75, 3.05) is 19.6 Å². The molecule has 2 rings (SSSR count). The van der Waals surface area contributed by atoms with E-state index in [1.165, 1.54) is 0 Å². The van der Waals surface area contributed by atoms with Crippen LogP contribution < -0.4 is 10.6 Å². The first kappa shape index (κ1) is 20.4. The van der Waals surface area contributed by atoms with E-state index in [0.717, 1.165) is 25.2 Å². The second kappa shape index (κ2) is 10.3. The third-order valence-electron chi connectivity index (χ3n) is 3.51. The molecule has 0 saturated carbocycles. The maximum absolute atomic E-state index is 10.6. The van der Waals surface area contributed by atoms with E-state index in [9.17, 15) is 5.11 Å². The first-order valence-corrected chi connectivity index (χ1v) is 7.87. The zero-order chi connectivity index (χ0) is 16.5. The molecule has 24 heavy (non-hydrogen) atoms. The topological polar surface area (TPSA) is 74.5 Å². The van der Waals surface area contributed by atoms with Crippen LogP contribution in [-0.2, 0) is 12.1 Å². The highest BCUT2D eigenvalue weighted by Gasteiger charge is 2.22. The van der Waals surface area contributed by atoms with Gasteiger partial charge in [-0.15, -0.1) is 24.0 Å². The lowest BCUT2D eigenvalue weighted by Crippen LogP contribution is -2.40. The Labute approximate surface area is 160 Å². The first-order valence-electron chi connectivity index (χ1n) is 7.87. The third-order valence-corrected chi connectivity index (χ3v) is 3.51. The van der Waals surface area contributed by atoms with Crippen molar-refractivity contribution in [1.82, 2.24) is 20.2 Å². The Morgan fingerprint density at radius 2 is 2.04 bits per heavy atom. The highest BCUT2D eigenvalue weighted by Crippen LogP contribution is 2.20. The molecule has 1 heterocycles. The largest absolute Gasteiger partial charge is 0.384 e. The van der Waals surface area contributed by atoms with Crippen LogP contribution in [-0.4, -0.2) is 40.3 Å². The van der Waals surface area contributed by atoms with Crippen molar-refractivity contribution in [1.29, 1.82) is 0 Å². The van der Waals surface area contributed by atoms with E-state index in [0.29, 0.717) is 5.96 Å². The van der Waals surface area contributed by atoms with Crippen molar-refractivity contribution in [3.05, 3.63) is 54.6 Å². The number of nitrogens with zero attached hydrogens (tertiary/aromatic N) is 3. The van der Waals surface area contributed by atoms with Crippen LogP contribution in [0.1, 0.15) is 19.4 Å². The van der Waals surface area contributed by atoms with Crippen LogP contribution in [0.25, 0.3) is 0 Å². The number of imidazole rings is 1. The van der Waals surface area contributed by atoms with E-state index < -0.39 is 5.60 Å². The molecule has 0 radical (unpaired) electrons. The van der Waals surface area contributed by atoms with E-state index in [1.54, 1.807) is 19.4 Å². The van der Waals surface area contributed by atoms with E-state index >= 15 is 0 Å². The Morgan fingerprint density at radius 3 is 2.67 bits per heavy atom. The summed E-state index contributed by atoms with van der Waals surface area (Å²) < 4.78 is 2.00. The lowest BCUT2D eigenvalue weighted by molar-refractivity contribution is 0.0672. The maximum Gasteiger partial charge on any atom is 0.191 e. The van der Waals surface area contributed by atoms with Gasteiger partial charge in [0.25, 0.3) is 0 Å². The summed E-state index contributed by atoms with van der Waals surface area (Å²) in [7, 11) is 0. The number of halogens is 1. The molecule has 3 N–H and O–H groups in total. The average Bonchev–Trinajstić information content (AvgIpc) is 3.07. The van der Waals surface area contributed by atoms with Gasteiger partial charge in [-0.2, -0.15) is 0 Å². The van der Waals surface area contributed by atoms with Crippen LogP contribution in [0.2, 0.25) is 0 Å². The van der Waals surface area contributed by atoms with Gasteiger partial charge in [0.2, 0.25) is 0 Å². The molecule has 0 amide bonds. The second-order valence-electron chi connectivity index (χ2n) is 5.56. The molecule has 1 aromatic carbocycles. The van der Waals surface area contributed by atoms with Crippen molar-refractivity contribution >= 4 is 29.9 Å². The van der Waals surface area contributed by atoms with Crippen LogP contribution in [0, 0.1) is 0 Å². The summed E-state index contributed by atoms with van der Waals surface area (Å²) >= 11 is 0. The number of guanidine groups is 1. The van der Waals surface area contributed by atoms with Crippen LogP contribution in [0.5, 0.6) is 0 Å². The van der Waals surface area contributed by atoms with Gasteiger partial charge in [-0.3, -0.25) is 0 Å². The molecule has 6 nitrogen and oxygen atoms in total. The number of aliphatic hydroxyl groups is 1. The van der Waals surface area contributed by atoms with Gasteiger partial charge in [-0.05, 0) is 19.4 Å². The summed E-state index contributed by atoms with van der Waals surface area (Å²) in [5.41, 5.74) is -0.133. The van der Waals surface area contributed by atoms with E-state index in [2.05, 4.69) is 20.6 Å². The third kappa shape index (κ3) is 6.48. The monoisotopic (exact) mass is 443 g/mol. The molecule has 0 aliphatic heterocycles. The Balaban J connectivity index is 0.00000288. The smallest absolute Gasteiger partial charge is 0.191 e. The average molecular weight is 443 g/mol. The Kier molecular flexibility index (Phi) is 8.77. The normalized spacial score (nSPS) is 13.7. The molecular weight excluding hydrogens is 417 g/mol. The molecule has 0 fully saturated rings. The van der Waals surface area contributed by atoms with E-state index in [4.69, 9.17) is 0 Å². The minimum Gasteiger partial charge on any atom is -0.384 e. The molecule has 7 heteroatoms. The molecule has 1 atom stereocenters. The van der Waals surface area contributed by atoms with Gasteiger partial charge in [-0.25, -0.2) is 9.98 Å². The zero-order valence-corrected chi connectivity index (χ0v) is 16.5. The van der Waals surface area contributed by atoms with Crippen molar-refractivity contribution in [3.63, 3.8) is 0 Å². The first-order chi connectivity index (χ1) is 11.1. The van der Waals surface area contributed by atoms with Gasteiger partial charge in [0.15, 0.2) is 5.96 Å². The fourth-order valence-corrected chi connectivity index (χ4v) is 2.19. The lowest BCUT2D eigenvalue weighted by Gasteiger charge is -2.22. The molecule has 0 spiro atoms. The predicted molar refractivity (Wildman–Crippen MR) is 108 cm³/mol. The van der Waals surface area contributed by atoms with Gasteiger partial charge in [0, 0.05) is 32.0 Å². The van der Waals surface area contributed by atoms with Crippen molar-refractivity contribution < 1.29 is 5.11 Å². The van der Waals surface area contributed by atoms with Crippen molar-refractivity contribution in [2.45, 2.75) is 26.0 Å². The Bertz CT molecular complexity index is 599.